The second-order valence-electron chi connectivity index (χ2n) is 8.82. The van der Waals surface area contributed by atoms with Crippen LogP contribution in [0.3, 0.4) is 0 Å². The number of halogens is 1. The lowest BCUT2D eigenvalue weighted by molar-refractivity contribution is -0.138. The van der Waals surface area contributed by atoms with E-state index in [1.54, 1.807) is 23.5 Å². The molecule has 0 atom stereocenters. The Labute approximate surface area is 229 Å². The van der Waals surface area contributed by atoms with Crippen LogP contribution < -0.4 is 10.1 Å². The van der Waals surface area contributed by atoms with Crippen molar-refractivity contribution in [3.63, 3.8) is 0 Å². The predicted octanol–water partition coefficient (Wildman–Crippen LogP) is 6.07. The van der Waals surface area contributed by atoms with E-state index >= 15 is 0 Å². The molecule has 1 amide bonds. The number of carbonyl (C=O) groups excluding carboxylic acids is 2. The Kier molecular flexibility index (Phi) is 10.1. The summed E-state index contributed by atoms with van der Waals surface area (Å²) in [6, 6.07) is 13.7. The summed E-state index contributed by atoms with van der Waals surface area (Å²) in [5, 5.41) is 12.3. The summed E-state index contributed by atoms with van der Waals surface area (Å²) in [5.41, 5.74) is 4.59. The maximum Gasteiger partial charge on any atom is 0.287 e. The van der Waals surface area contributed by atoms with Crippen molar-refractivity contribution >= 4 is 34.4 Å². The molecule has 2 aromatic carbocycles. The van der Waals surface area contributed by atoms with Gasteiger partial charge in [0.05, 0.1) is 17.7 Å². The summed E-state index contributed by atoms with van der Waals surface area (Å²) < 4.78 is 19.0. The maximum atomic E-state index is 13.3. The monoisotopic (exact) mass is 552 g/mol. The lowest BCUT2D eigenvalue weighted by Crippen LogP contribution is -2.30. The molecule has 4 aromatic rings. The fourth-order valence-corrected chi connectivity index (χ4v) is 5.40. The van der Waals surface area contributed by atoms with E-state index in [4.69, 9.17) is 4.74 Å². The number of ketones is 1. The molecule has 2 aromatic heterocycles. The third-order valence-corrected chi connectivity index (χ3v) is 7.89. The molecule has 0 fully saturated rings. The van der Waals surface area contributed by atoms with Crippen molar-refractivity contribution in [3.05, 3.63) is 81.0 Å². The van der Waals surface area contributed by atoms with E-state index < -0.39 is 11.7 Å². The van der Waals surface area contributed by atoms with Crippen molar-refractivity contribution in [1.82, 2.24) is 20.5 Å². The van der Waals surface area contributed by atoms with Gasteiger partial charge in [-0.3, -0.25) is 9.59 Å². The first-order chi connectivity index (χ1) is 18.5. The molecule has 10 heteroatoms. The second kappa shape index (κ2) is 13.9. The summed E-state index contributed by atoms with van der Waals surface area (Å²) in [4.78, 5) is 29.9. The average molecular weight is 553 g/mol. The van der Waals surface area contributed by atoms with Gasteiger partial charge in [-0.05, 0) is 68.1 Å². The van der Waals surface area contributed by atoms with Crippen molar-refractivity contribution in [1.29, 1.82) is 0 Å². The van der Waals surface area contributed by atoms with Gasteiger partial charge < -0.3 is 10.1 Å². The van der Waals surface area contributed by atoms with Crippen molar-refractivity contribution in [2.75, 3.05) is 0 Å². The highest BCUT2D eigenvalue weighted by Crippen LogP contribution is 2.26. The molecule has 0 aliphatic heterocycles. The van der Waals surface area contributed by atoms with Crippen LogP contribution in [0.5, 0.6) is 5.75 Å². The zero-order valence-electron chi connectivity index (χ0n) is 21.1. The van der Waals surface area contributed by atoms with Gasteiger partial charge in [0.25, 0.3) is 5.91 Å². The van der Waals surface area contributed by atoms with Crippen LogP contribution in [0.15, 0.2) is 54.0 Å². The molecule has 0 aliphatic rings. The molecular formula is C28H29FN4O3S2. The number of rotatable bonds is 14. The van der Waals surface area contributed by atoms with Gasteiger partial charge in [-0.1, -0.05) is 36.3 Å². The number of hydrogen-bond donors (Lipinski definition) is 1. The highest BCUT2D eigenvalue weighted by molar-refractivity contribution is 7.14. The fraction of sp³-hybridized carbons (Fsp3) is 0.321. The normalized spacial score (nSPS) is 10.9. The minimum atomic E-state index is -0.582. The van der Waals surface area contributed by atoms with Crippen LogP contribution in [-0.4, -0.2) is 26.9 Å². The minimum absolute atomic E-state index is 0.158. The minimum Gasteiger partial charge on any atom is -0.489 e. The van der Waals surface area contributed by atoms with Crippen LogP contribution in [0.2, 0.25) is 0 Å². The van der Waals surface area contributed by atoms with E-state index in [1.807, 2.05) is 36.7 Å². The van der Waals surface area contributed by atoms with Gasteiger partial charge in [-0.25, -0.2) is 9.37 Å². The summed E-state index contributed by atoms with van der Waals surface area (Å²) in [6.45, 7) is 2.45. The van der Waals surface area contributed by atoms with E-state index in [2.05, 4.69) is 20.5 Å². The topological polar surface area (TPSA) is 94.1 Å². The number of amides is 1. The van der Waals surface area contributed by atoms with E-state index in [1.165, 1.54) is 28.3 Å². The molecular weight excluding hydrogens is 523 g/mol. The highest BCUT2D eigenvalue weighted by Gasteiger charge is 2.14. The van der Waals surface area contributed by atoms with Crippen LogP contribution in [0.1, 0.15) is 53.2 Å². The molecule has 1 N–H and O–H groups in total. The number of thiazole rings is 1. The zero-order valence-corrected chi connectivity index (χ0v) is 22.7. The van der Waals surface area contributed by atoms with Crippen LogP contribution in [-0.2, 0) is 29.2 Å². The largest absolute Gasteiger partial charge is 0.489 e. The Balaban J connectivity index is 1.14. The highest BCUT2D eigenvalue weighted by atomic mass is 32.1. The van der Waals surface area contributed by atoms with Crippen molar-refractivity contribution in [2.45, 2.75) is 58.6 Å². The number of ether oxygens (including phenoxy) is 1. The Bertz CT molecular complexity index is 1350. The Morgan fingerprint density at radius 1 is 1.03 bits per heavy atom. The summed E-state index contributed by atoms with van der Waals surface area (Å²) >= 11 is 3.04. The Morgan fingerprint density at radius 2 is 1.84 bits per heavy atom. The number of aryl methyl sites for hydroxylation is 2. The third kappa shape index (κ3) is 8.26. The van der Waals surface area contributed by atoms with Gasteiger partial charge in [-0.2, -0.15) is 0 Å². The van der Waals surface area contributed by atoms with E-state index in [9.17, 15) is 14.0 Å². The van der Waals surface area contributed by atoms with Crippen LogP contribution in [0, 0.1) is 12.7 Å². The first-order valence-electron chi connectivity index (χ1n) is 12.5. The second-order valence-corrected chi connectivity index (χ2v) is 10.8. The number of Topliss-reactive ketones (excluding diaryl/α,β-unsaturated/α-hetero) is 1. The maximum absolute atomic E-state index is 13.3. The number of nitrogens with one attached hydrogen (secondary N) is 1. The van der Waals surface area contributed by atoms with Crippen molar-refractivity contribution < 1.29 is 18.7 Å². The third-order valence-electron chi connectivity index (χ3n) is 5.92. The standard InChI is InChI=1S/C28H29FN4O3S2/c1-19-25(37-18-31-19)10-5-3-2-4-9-24(34)27(35)30-16-26-32-33-28(38-26)21-11-13-23(14-12-21)36-17-20-7-6-8-22(29)15-20/h6-8,11-15,18H,2-5,9-10,16-17H2,1H3,(H,30,35). The molecule has 0 radical (unpaired) electrons. The number of benzene rings is 2. The van der Waals surface area contributed by atoms with E-state index in [-0.39, 0.29) is 25.4 Å². The molecule has 0 saturated carbocycles. The molecule has 0 aliphatic carbocycles. The molecule has 4 rings (SSSR count). The molecule has 0 unspecified atom stereocenters. The Hall–Kier alpha value is -3.50. The zero-order chi connectivity index (χ0) is 26.7. The summed E-state index contributed by atoms with van der Waals surface area (Å²) in [7, 11) is 0. The van der Waals surface area contributed by atoms with Crippen LogP contribution in [0.4, 0.5) is 4.39 Å². The molecule has 0 spiro atoms. The predicted molar refractivity (Wildman–Crippen MR) is 147 cm³/mol. The summed E-state index contributed by atoms with van der Waals surface area (Å²) in [6.07, 6.45) is 4.99. The smallest absolute Gasteiger partial charge is 0.287 e. The molecule has 7 nitrogen and oxygen atoms in total. The summed E-state index contributed by atoms with van der Waals surface area (Å²) in [5.74, 6) is -0.620. The van der Waals surface area contributed by atoms with Gasteiger partial charge >= 0.3 is 0 Å². The van der Waals surface area contributed by atoms with Crippen LogP contribution in [0.25, 0.3) is 10.6 Å². The number of nitrogens with zero attached hydrogens (tertiary/aromatic N) is 3. The van der Waals surface area contributed by atoms with Gasteiger partial charge in [-0.15, -0.1) is 21.5 Å². The van der Waals surface area contributed by atoms with Gasteiger partial charge in [0.1, 0.15) is 28.2 Å². The Morgan fingerprint density at radius 3 is 2.61 bits per heavy atom. The van der Waals surface area contributed by atoms with Gasteiger partial charge in [0, 0.05) is 16.9 Å². The molecule has 2 heterocycles. The number of carbonyl (C=O) groups is 2. The lowest BCUT2D eigenvalue weighted by Gasteiger charge is -2.06. The van der Waals surface area contributed by atoms with Crippen molar-refractivity contribution in [2.24, 2.45) is 0 Å². The van der Waals surface area contributed by atoms with E-state index in [0.29, 0.717) is 22.2 Å². The van der Waals surface area contributed by atoms with Gasteiger partial charge in [0.2, 0.25) is 5.78 Å². The molecule has 0 bridgehead atoms. The SMILES string of the molecule is Cc1ncsc1CCCCCCC(=O)C(=O)NCc1nnc(-c2ccc(OCc3cccc(F)c3)cc2)s1. The number of hydrogen-bond acceptors (Lipinski definition) is 8. The van der Waals surface area contributed by atoms with E-state index in [0.717, 1.165) is 42.5 Å². The van der Waals surface area contributed by atoms with Crippen LogP contribution >= 0.6 is 22.7 Å². The molecule has 0 saturated heterocycles. The lowest BCUT2D eigenvalue weighted by atomic mass is 10.1. The average Bonchev–Trinajstić information content (AvgIpc) is 3.57. The number of aromatic nitrogens is 3. The first-order valence-corrected chi connectivity index (χ1v) is 14.2. The quantitative estimate of drug-likeness (QED) is 0.151. The first kappa shape index (κ1) is 27.5. The fourth-order valence-electron chi connectivity index (χ4n) is 3.79. The number of unbranched alkanes of at least 4 members (excludes halogenated alkanes) is 3. The van der Waals surface area contributed by atoms with Crippen molar-refractivity contribution in [3.8, 4) is 16.3 Å². The van der Waals surface area contributed by atoms with Gasteiger partial charge in [0.15, 0.2) is 0 Å². The molecule has 198 valence electrons. The molecule has 38 heavy (non-hydrogen) atoms.